The molecular weight excluding hydrogens is 254 g/mol. The first-order valence-electron chi connectivity index (χ1n) is 7.72. The fraction of sp³-hybridized carbons (Fsp3) is 0.933. The highest BCUT2D eigenvalue weighted by Crippen LogP contribution is 2.38. The minimum atomic E-state index is -0.675. The average molecular weight is 283 g/mol. The third-order valence-electron chi connectivity index (χ3n) is 4.79. The van der Waals surface area contributed by atoms with Crippen molar-refractivity contribution in [2.24, 2.45) is 11.1 Å². The van der Waals surface area contributed by atoms with E-state index in [0.717, 1.165) is 45.4 Å². The van der Waals surface area contributed by atoms with E-state index >= 15 is 0 Å². The minimum absolute atomic E-state index is 0.00408. The van der Waals surface area contributed by atoms with Gasteiger partial charge in [0.15, 0.2) is 0 Å². The Morgan fingerprint density at radius 2 is 1.95 bits per heavy atom. The summed E-state index contributed by atoms with van der Waals surface area (Å²) in [6.45, 7) is 9.49. The van der Waals surface area contributed by atoms with Gasteiger partial charge in [0.1, 0.15) is 0 Å². The van der Waals surface area contributed by atoms with Crippen molar-refractivity contribution < 1.29 is 9.90 Å². The summed E-state index contributed by atoms with van der Waals surface area (Å²) >= 11 is 0. The standard InChI is InChI=1S/C15H29N3O2/c1-14(2,20)11-17-7-9-18(10-8-17)13(19)15(3)6-4-5-12(15)16/h12,20H,4-11,16H2,1-3H3. The molecule has 3 N–H and O–H groups in total. The number of rotatable bonds is 3. The van der Waals surface area contributed by atoms with Crippen LogP contribution in [0.25, 0.3) is 0 Å². The van der Waals surface area contributed by atoms with Crippen LogP contribution in [0.15, 0.2) is 0 Å². The zero-order chi connectivity index (χ0) is 15.0. The summed E-state index contributed by atoms with van der Waals surface area (Å²) in [4.78, 5) is 16.9. The molecule has 2 atom stereocenters. The quantitative estimate of drug-likeness (QED) is 0.787. The van der Waals surface area contributed by atoms with Crippen molar-refractivity contribution >= 4 is 5.91 Å². The molecule has 20 heavy (non-hydrogen) atoms. The van der Waals surface area contributed by atoms with Crippen molar-refractivity contribution in [1.82, 2.24) is 9.80 Å². The molecule has 5 nitrogen and oxygen atoms in total. The van der Waals surface area contributed by atoms with E-state index in [2.05, 4.69) is 4.90 Å². The zero-order valence-corrected chi connectivity index (χ0v) is 13.1. The van der Waals surface area contributed by atoms with Gasteiger partial charge in [0, 0.05) is 38.8 Å². The van der Waals surface area contributed by atoms with Gasteiger partial charge in [-0.2, -0.15) is 0 Å². The lowest BCUT2D eigenvalue weighted by Crippen LogP contribution is -2.56. The Kier molecular flexibility index (Phi) is 4.42. The molecule has 5 heteroatoms. The number of β-amino-alcohol motifs (C(OH)–C–C–N with tert-alkyl or cyclic N) is 1. The van der Waals surface area contributed by atoms with Crippen molar-refractivity contribution in [2.75, 3.05) is 32.7 Å². The maximum atomic E-state index is 12.7. The summed E-state index contributed by atoms with van der Waals surface area (Å²) in [5.41, 5.74) is 5.10. The minimum Gasteiger partial charge on any atom is -0.389 e. The second-order valence-corrected chi connectivity index (χ2v) is 7.30. The lowest BCUT2D eigenvalue weighted by Gasteiger charge is -2.41. The van der Waals surface area contributed by atoms with Crippen molar-refractivity contribution in [2.45, 2.75) is 51.7 Å². The first-order valence-corrected chi connectivity index (χ1v) is 7.72. The van der Waals surface area contributed by atoms with Crippen molar-refractivity contribution in [3.63, 3.8) is 0 Å². The van der Waals surface area contributed by atoms with Crippen LogP contribution in [-0.2, 0) is 4.79 Å². The SMILES string of the molecule is CC(C)(O)CN1CCN(C(=O)C2(C)CCCC2N)CC1. The van der Waals surface area contributed by atoms with Gasteiger partial charge in [-0.05, 0) is 33.6 Å². The fourth-order valence-electron chi connectivity index (χ4n) is 3.48. The van der Waals surface area contributed by atoms with Crippen LogP contribution in [0.2, 0.25) is 0 Å². The van der Waals surface area contributed by atoms with Crippen LogP contribution in [0.3, 0.4) is 0 Å². The van der Waals surface area contributed by atoms with Crippen LogP contribution >= 0.6 is 0 Å². The number of nitrogens with two attached hydrogens (primary N) is 1. The molecule has 1 heterocycles. The highest BCUT2D eigenvalue weighted by Gasteiger charge is 2.45. The van der Waals surface area contributed by atoms with E-state index in [9.17, 15) is 9.90 Å². The van der Waals surface area contributed by atoms with E-state index in [1.165, 1.54) is 0 Å². The molecule has 1 saturated heterocycles. The van der Waals surface area contributed by atoms with E-state index in [1.54, 1.807) is 0 Å². The Labute approximate surface area is 122 Å². The fourth-order valence-corrected chi connectivity index (χ4v) is 3.48. The molecule has 2 unspecified atom stereocenters. The number of carbonyl (C=O) groups is 1. The highest BCUT2D eigenvalue weighted by molar-refractivity contribution is 5.83. The van der Waals surface area contributed by atoms with Crippen molar-refractivity contribution in [3.8, 4) is 0 Å². The Hall–Kier alpha value is -0.650. The topological polar surface area (TPSA) is 69.8 Å². The molecule has 2 aliphatic rings. The first-order chi connectivity index (χ1) is 9.22. The molecule has 116 valence electrons. The molecule has 0 radical (unpaired) electrons. The van der Waals surface area contributed by atoms with Crippen LogP contribution in [-0.4, -0.2) is 65.2 Å². The number of hydrogen-bond donors (Lipinski definition) is 2. The zero-order valence-electron chi connectivity index (χ0n) is 13.1. The Morgan fingerprint density at radius 1 is 1.35 bits per heavy atom. The van der Waals surface area contributed by atoms with Crippen LogP contribution in [0, 0.1) is 5.41 Å². The van der Waals surface area contributed by atoms with Gasteiger partial charge in [-0.3, -0.25) is 9.69 Å². The lowest BCUT2D eigenvalue weighted by molar-refractivity contribution is -0.143. The maximum absolute atomic E-state index is 12.7. The molecule has 1 aliphatic heterocycles. The summed E-state index contributed by atoms with van der Waals surface area (Å²) in [5, 5.41) is 9.85. The van der Waals surface area contributed by atoms with Crippen molar-refractivity contribution in [3.05, 3.63) is 0 Å². The lowest BCUT2D eigenvalue weighted by atomic mass is 9.83. The number of aliphatic hydroxyl groups is 1. The van der Waals surface area contributed by atoms with Gasteiger partial charge in [-0.1, -0.05) is 6.42 Å². The molecule has 1 amide bonds. The van der Waals surface area contributed by atoms with Gasteiger partial charge in [-0.25, -0.2) is 0 Å². The van der Waals surface area contributed by atoms with Crippen LogP contribution < -0.4 is 5.73 Å². The van der Waals surface area contributed by atoms with E-state index in [1.807, 2.05) is 25.7 Å². The number of nitrogens with zero attached hydrogens (tertiary/aromatic N) is 2. The number of amides is 1. The monoisotopic (exact) mass is 283 g/mol. The van der Waals surface area contributed by atoms with Gasteiger partial charge in [0.25, 0.3) is 0 Å². The van der Waals surface area contributed by atoms with Crippen LogP contribution in [0.5, 0.6) is 0 Å². The summed E-state index contributed by atoms with van der Waals surface area (Å²) < 4.78 is 0. The maximum Gasteiger partial charge on any atom is 0.230 e. The number of carbonyl (C=O) groups excluding carboxylic acids is 1. The van der Waals surface area contributed by atoms with E-state index in [4.69, 9.17) is 5.73 Å². The third kappa shape index (κ3) is 3.32. The summed E-state index contributed by atoms with van der Waals surface area (Å²) in [6.07, 6.45) is 2.93. The molecule has 2 rings (SSSR count). The summed E-state index contributed by atoms with van der Waals surface area (Å²) in [6, 6.07) is 0.00408. The second kappa shape index (κ2) is 5.62. The average Bonchev–Trinajstić information content (AvgIpc) is 2.69. The molecule has 0 aromatic rings. The summed E-state index contributed by atoms with van der Waals surface area (Å²) in [5.74, 6) is 0.227. The molecule has 2 fully saturated rings. The molecule has 1 aliphatic carbocycles. The van der Waals surface area contributed by atoms with E-state index in [0.29, 0.717) is 6.54 Å². The third-order valence-corrected chi connectivity index (χ3v) is 4.79. The number of hydrogen-bond acceptors (Lipinski definition) is 4. The summed E-state index contributed by atoms with van der Waals surface area (Å²) in [7, 11) is 0. The highest BCUT2D eigenvalue weighted by atomic mass is 16.3. The second-order valence-electron chi connectivity index (χ2n) is 7.30. The Balaban J connectivity index is 1.89. The molecule has 0 aromatic heterocycles. The predicted molar refractivity (Wildman–Crippen MR) is 79.3 cm³/mol. The molecular formula is C15H29N3O2. The van der Waals surface area contributed by atoms with Gasteiger partial charge >= 0.3 is 0 Å². The number of piperazine rings is 1. The van der Waals surface area contributed by atoms with Gasteiger partial charge in [0.05, 0.1) is 11.0 Å². The molecule has 0 bridgehead atoms. The van der Waals surface area contributed by atoms with Gasteiger partial charge < -0.3 is 15.7 Å². The normalized spacial score (nSPS) is 32.6. The van der Waals surface area contributed by atoms with Crippen molar-refractivity contribution in [1.29, 1.82) is 0 Å². The van der Waals surface area contributed by atoms with Gasteiger partial charge in [0.2, 0.25) is 5.91 Å². The Bertz CT molecular complexity index is 359. The Morgan fingerprint density at radius 3 is 2.40 bits per heavy atom. The van der Waals surface area contributed by atoms with E-state index < -0.39 is 5.60 Å². The molecule has 1 saturated carbocycles. The smallest absolute Gasteiger partial charge is 0.230 e. The van der Waals surface area contributed by atoms with Crippen LogP contribution in [0.1, 0.15) is 40.0 Å². The van der Waals surface area contributed by atoms with Crippen LogP contribution in [0.4, 0.5) is 0 Å². The largest absolute Gasteiger partial charge is 0.389 e. The predicted octanol–water partition coefficient (Wildman–Crippen LogP) is 0.419. The molecule has 0 aromatic carbocycles. The van der Waals surface area contributed by atoms with E-state index in [-0.39, 0.29) is 17.4 Å². The van der Waals surface area contributed by atoms with Gasteiger partial charge in [-0.15, -0.1) is 0 Å². The molecule has 0 spiro atoms. The first kappa shape index (κ1) is 15.7.